The molecule has 1 aromatic carbocycles. The maximum absolute atomic E-state index is 12.4. The highest BCUT2D eigenvalue weighted by atomic mass is 35.5. The van der Waals surface area contributed by atoms with Crippen molar-refractivity contribution < 1.29 is 13.2 Å². The molecule has 1 unspecified atom stereocenters. The standard InChI is InChI=1S/C17H20Cl2N4O3S2/c1-22(8-11-3-4-13(18)14(19)7-11)15(24)9-27-17-21-20-16(23(17)2)12-5-6-28(25,26)10-12/h3-4,7,12H,5-6,8-10H2,1-2H3. The van der Waals surface area contributed by atoms with Gasteiger partial charge in [-0.2, -0.15) is 0 Å². The van der Waals surface area contributed by atoms with Gasteiger partial charge in [0.05, 0.1) is 27.3 Å². The van der Waals surface area contributed by atoms with Gasteiger partial charge in [0.1, 0.15) is 5.82 Å². The largest absolute Gasteiger partial charge is 0.341 e. The first-order valence-electron chi connectivity index (χ1n) is 8.56. The fraction of sp³-hybridized carbons (Fsp3) is 0.471. The molecule has 1 atom stereocenters. The fourth-order valence-corrected chi connectivity index (χ4v) is 5.96. The summed E-state index contributed by atoms with van der Waals surface area (Å²) in [6, 6.07) is 5.28. The second-order valence-corrected chi connectivity index (χ2v) is 10.8. The van der Waals surface area contributed by atoms with E-state index < -0.39 is 9.84 Å². The molecule has 7 nitrogen and oxygen atoms in total. The van der Waals surface area contributed by atoms with Crippen molar-refractivity contribution in [2.75, 3.05) is 24.3 Å². The number of hydrogen-bond donors (Lipinski definition) is 0. The van der Waals surface area contributed by atoms with Crippen LogP contribution in [0.5, 0.6) is 0 Å². The molecule has 0 spiro atoms. The molecule has 3 rings (SSSR count). The highest BCUT2D eigenvalue weighted by molar-refractivity contribution is 7.99. The molecule has 1 fully saturated rings. The Balaban J connectivity index is 1.58. The molecule has 0 N–H and O–H groups in total. The Labute approximate surface area is 178 Å². The molecule has 0 saturated carbocycles. The van der Waals surface area contributed by atoms with E-state index in [4.69, 9.17) is 23.2 Å². The molecule has 28 heavy (non-hydrogen) atoms. The van der Waals surface area contributed by atoms with Crippen LogP contribution in [0.25, 0.3) is 0 Å². The van der Waals surface area contributed by atoms with Crippen LogP contribution >= 0.6 is 35.0 Å². The third-order valence-electron chi connectivity index (χ3n) is 4.62. The molecule has 1 aliphatic heterocycles. The van der Waals surface area contributed by atoms with Gasteiger partial charge in [-0.25, -0.2) is 8.42 Å². The van der Waals surface area contributed by atoms with Crippen molar-refractivity contribution in [1.29, 1.82) is 0 Å². The minimum atomic E-state index is -2.99. The number of thioether (sulfide) groups is 1. The Morgan fingerprint density at radius 3 is 2.71 bits per heavy atom. The summed E-state index contributed by atoms with van der Waals surface area (Å²) in [5.74, 6) is 0.946. The van der Waals surface area contributed by atoms with Crippen molar-refractivity contribution in [2.24, 2.45) is 7.05 Å². The Morgan fingerprint density at radius 1 is 1.32 bits per heavy atom. The summed E-state index contributed by atoms with van der Waals surface area (Å²) in [5.41, 5.74) is 0.888. The second-order valence-electron chi connectivity index (χ2n) is 6.79. The lowest BCUT2D eigenvalue weighted by molar-refractivity contribution is -0.127. The number of halogens is 2. The van der Waals surface area contributed by atoms with Gasteiger partial charge in [-0.05, 0) is 24.1 Å². The Hall–Kier alpha value is -1.29. The number of hydrogen-bond acceptors (Lipinski definition) is 6. The van der Waals surface area contributed by atoms with Crippen molar-refractivity contribution >= 4 is 50.7 Å². The summed E-state index contributed by atoms with van der Waals surface area (Å²) < 4.78 is 25.1. The van der Waals surface area contributed by atoms with E-state index in [1.165, 1.54) is 11.8 Å². The van der Waals surface area contributed by atoms with Crippen molar-refractivity contribution in [1.82, 2.24) is 19.7 Å². The number of amides is 1. The summed E-state index contributed by atoms with van der Waals surface area (Å²) >= 11 is 13.2. The second kappa shape index (κ2) is 8.61. The predicted molar refractivity (Wildman–Crippen MR) is 111 cm³/mol. The predicted octanol–water partition coefficient (Wildman–Crippen LogP) is 2.77. The first-order chi connectivity index (χ1) is 13.2. The topological polar surface area (TPSA) is 85.2 Å². The van der Waals surface area contributed by atoms with Gasteiger partial charge in [-0.1, -0.05) is 41.0 Å². The van der Waals surface area contributed by atoms with Gasteiger partial charge in [0.25, 0.3) is 0 Å². The smallest absolute Gasteiger partial charge is 0.233 e. The molecule has 11 heteroatoms. The molecule has 0 bridgehead atoms. The molecule has 1 saturated heterocycles. The van der Waals surface area contributed by atoms with E-state index in [0.29, 0.717) is 34.0 Å². The molecule has 152 valence electrons. The average Bonchev–Trinajstić information content (AvgIpc) is 3.17. The van der Waals surface area contributed by atoms with Crippen LogP contribution in [0.1, 0.15) is 23.7 Å². The minimum Gasteiger partial charge on any atom is -0.341 e. The summed E-state index contributed by atoms with van der Waals surface area (Å²) in [5, 5.41) is 9.79. The summed E-state index contributed by atoms with van der Waals surface area (Å²) in [7, 11) is 0.527. The Kier molecular flexibility index (Phi) is 6.58. The van der Waals surface area contributed by atoms with Gasteiger partial charge in [-0.15, -0.1) is 10.2 Å². The normalized spacial score (nSPS) is 18.4. The van der Waals surface area contributed by atoms with Crippen LogP contribution in [-0.2, 0) is 28.2 Å². The van der Waals surface area contributed by atoms with E-state index >= 15 is 0 Å². The average molecular weight is 463 g/mol. The Bertz CT molecular complexity index is 994. The zero-order valence-corrected chi connectivity index (χ0v) is 18.6. The molecule has 0 aliphatic carbocycles. The summed E-state index contributed by atoms with van der Waals surface area (Å²) in [4.78, 5) is 14.0. The van der Waals surface area contributed by atoms with Crippen LogP contribution in [0.4, 0.5) is 0 Å². The maximum Gasteiger partial charge on any atom is 0.233 e. The number of sulfone groups is 1. The summed E-state index contributed by atoms with van der Waals surface area (Å²) in [6.07, 6.45) is 0.560. The Morgan fingerprint density at radius 2 is 2.07 bits per heavy atom. The van der Waals surface area contributed by atoms with Crippen molar-refractivity contribution in [3.8, 4) is 0 Å². The van der Waals surface area contributed by atoms with E-state index in [-0.39, 0.29) is 29.1 Å². The van der Waals surface area contributed by atoms with Gasteiger partial charge in [0.15, 0.2) is 15.0 Å². The fourth-order valence-electron chi connectivity index (χ4n) is 3.04. The van der Waals surface area contributed by atoms with Gasteiger partial charge in [0.2, 0.25) is 5.91 Å². The van der Waals surface area contributed by atoms with E-state index in [1.807, 2.05) is 6.07 Å². The lowest BCUT2D eigenvalue weighted by atomic mass is 10.1. The molecular formula is C17H20Cl2N4O3S2. The number of benzene rings is 1. The monoisotopic (exact) mass is 462 g/mol. The van der Waals surface area contributed by atoms with Crippen LogP contribution in [0.2, 0.25) is 10.0 Å². The number of nitrogens with zero attached hydrogens (tertiary/aromatic N) is 4. The zero-order chi connectivity index (χ0) is 20.5. The molecule has 1 aromatic heterocycles. The zero-order valence-electron chi connectivity index (χ0n) is 15.4. The van der Waals surface area contributed by atoms with E-state index in [9.17, 15) is 13.2 Å². The van der Waals surface area contributed by atoms with E-state index in [2.05, 4.69) is 10.2 Å². The van der Waals surface area contributed by atoms with Gasteiger partial charge in [-0.3, -0.25) is 4.79 Å². The summed E-state index contributed by atoms with van der Waals surface area (Å²) in [6.45, 7) is 0.417. The SMILES string of the molecule is CN(Cc1ccc(Cl)c(Cl)c1)C(=O)CSc1nnc(C2CCS(=O)(=O)C2)n1C. The highest BCUT2D eigenvalue weighted by Crippen LogP contribution is 2.29. The van der Waals surface area contributed by atoms with Gasteiger partial charge >= 0.3 is 0 Å². The number of rotatable bonds is 6. The van der Waals surface area contributed by atoms with Crippen LogP contribution < -0.4 is 0 Å². The number of carbonyl (C=O) groups is 1. The number of aromatic nitrogens is 3. The first kappa shape index (κ1) is 21.4. The van der Waals surface area contributed by atoms with Crippen LogP contribution in [0.15, 0.2) is 23.4 Å². The third-order valence-corrected chi connectivity index (χ3v) is 8.13. The van der Waals surface area contributed by atoms with Gasteiger partial charge in [0, 0.05) is 26.6 Å². The van der Waals surface area contributed by atoms with Crippen LogP contribution in [0.3, 0.4) is 0 Å². The molecule has 2 heterocycles. The molecule has 1 aliphatic rings. The molecule has 2 aromatic rings. The lowest BCUT2D eigenvalue weighted by Gasteiger charge is -2.17. The quantitative estimate of drug-likeness (QED) is 0.613. The molecular weight excluding hydrogens is 443 g/mol. The molecule has 0 radical (unpaired) electrons. The minimum absolute atomic E-state index is 0.0657. The third kappa shape index (κ3) is 5.00. The van der Waals surface area contributed by atoms with Gasteiger partial charge < -0.3 is 9.47 Å². The lowest BCUT2D eigenvalue weighted by Crippen LogP contribution is -2.27. The van der Waals surface area contributed by atoms with Crippen LogP contribution in [-0.4, -0.2) is 58.3 Å². The first-order valence-corrected chi connectivity index (χ1v) is 12.1. The van der Waals surface area contributed by atoms with Crippen molar-refractivity contribution in [3.63, 3.8) is 0 Å². The highest BCUT2D eigenvalue weighted by Gasteiger charge is 2.32. The van der Waals surface area contributed by atoms with Crippen LogP contribution in [0, 0.1) is 0 Å². The van der Waals surface area contributed by atoms with E-state index in [0.717, 1.165) is 5.56 Å². The van der Waals surface area contributed by atoms with Crippen molar-refractivity contribution in [2.45, 2.75) is 24.0 Å². The molecule has 1 amide bonds. The number of carbonyl (C=O) groups excluding carboxylic acids is 1. The maximum atomic E-state index is 12.4. The van der Waals surface area contributed by atoms with E-state index in [1.54, 1.807) is 35.7 Å². The van der Waals surface area contributed by atoms with Crippen molar-refractivity contribution in [3.05, 3.63) is 39.6 Å².